The van der Waals surface area contributed by atoms with Crippen molar-refractivity contribution in [1.29, 1.82) is 0 Å². The Morgan fingerprint density at radius 3 is 1.37 bits per heavy atom. The van der Waals surface area contributed by atoms with Crippen LogP contribution in [0.3, 0.4) is 0 Å². The molecule has 0 aromatic heterocycles. The molecular weight excluding hydrogens is 727 g/mol. The number of hydrogen-bond donors (Lipinski definition) is 5. The second kappa shape index (κ2) is 39.2. The van der Waals surface area contributed by atoms with Crippen LogP contribution in [0, 0.1) is 0 Å². The van der Waals surface area contributed by atoms with Crippen LogP contribution in [0.1, 0.15) is 170 Å². The first-order valence-electron chi connectivity index (χ1n) is 22.7. The fourth-order valence-corrected chi connectivity index (χ4v) is 5.97. The van der Waals surface area contributed by atoms with Crippen LogP contribution in [-0.2, 0) is 38.1 Å². The molecule has 0 aliphatic heterocycles. The highest BCUT2D eigenvalue weighted by atomic mass is 16.5. The van der Waals surface area contributed by atoms with Crippen molar-refractivity contribution in [3.63, 3.8) is 0 Å². The third-order valence-corrected chi connectivity index (χ3v) is 9.77. The van der Waals surface area contributed by atoms with Gasteiger partial charge >= 0.3 is 0 Å². The van der Waals surface area contributed by atoms with E-state index in [9.17, 15) is 19.2 Å². The van der Waals surface area contributed by atoms with E-state index in [-0.39, 0.29) is 54.1 Å². The fraction of sp³-hybridized carbons (Fsp3) is 0.909. The van der Waals surface area contributed by atoms with Crippen molar-refractivity contribution in [2.75, 3.05) is 72.5 Å². The van der Waals surface area contributed by atoms with Crippen molar-refractivity contribution in [2.24, 2.45) is 0 Å². The molecule has 4 amide bonds. The van der Waals surface area contributed by atoms with Crippen LogP contribution in [0.25, 0.3) is 0 Å². The Labute approximate surface area is 347 Å². The number of carbonyl (C=O) groups excluding carboxylic acids is 4. The van der Waals surface area contributed by atoms with Gasteiger partial charge in [-0.25, -0.2) is 0 Å². The largest absolute Gasteiger partial charge is 0.379 e. The van der Waals surface area contributed by atoms with Crippen LogP contribution >= 0.6 is 0 Å². The van der Waals surface area contributed by atoms with Crippen molar-refractivity contribution in [3.05, 3.63) is 0 Å². The van der Waals surface area contributed by atoms with Gasteiger partial charge in [0.25, 0.3) is 0 Å². The van der Waals surface area contributed by atoms with E-state index < -0.39 is 0 Å². The molecule has 0 heterocycles. The highest BCUT2D eigenvalue weighted by Crippen LogP contribution is 2.13. The number of ether oxygens (including phenoxy) is 4. The van der Waals surface area contributed by atoms with Gasteiger partial charge in [0.05, 0.1) is 58.9 Å². The maximum absolute atomic E-state index is 12.8. The number of nitrogens with one attached hydrogen (secondary N) is 5. The minimum Gasteiger partial charge on any atom is -0.379 e. The number of carbonyl (C=O) groups is 4. The molecule has 0 fully saturated rings. The molecule has 0 bridgehead atoms. The molecule has 0 saturated carbocycles. The number of unbranched alkanes of at least 4 members (excludes halogenated alkanes) is 13. The van der Waals surface area contributed by atoms with Crippen LogP contribution in [0.15, 0.2) is 0 Å². The first kappa shape index (κ1) is 54.7. The summed E-state index contributed by atoms with van der Waals surface area (Å²) < 4.78 is 22.0. The van der Waals surface area contributed by atoms with E-state index in [0.29, 0.717) is 85.3 Å². The molecule has 0 aromatic carbocycles. The van der Waals surface area contributed by atoms with Crippen molar-refractivity contribution in [2.45, 2.75) is 188 Å². The molecule has 5 N–H and O–H groups in total. The summed E-state index contributed by atoms with van der Waals surface area (Å²) in [6, 6.07) is -0.0510. The molecule has 0 aliphatic rings. The highest BCUT2D eigenvalue weighted by molar-refractivity contribution is 5.82. The minimum absolute atomic E-state index is 0.0231. The van der Waals surface area contributed by atoms with Crippen molar-refractivity contribution in [1.82, 2.24) is 26.6 Å². The van der Waals surface area contributed by atoms with Gasteiger partial charge in [-0.2, -0.15) is 0 Å². The van der Waals surface area contributed by atoms with E-state index >= 15 is 0 Å². The van der Waals surface area contributed by atoms with Crippen LogP contribution in [0.4, 0.5) is 0 Å². The summed E-state index contributed by atoms with van der Waals surface area (Å²) in [4.78, 5) is 48.9. The zero-order valence-corrected chi connectivity index (χ0v) is 37.3. The predicted octanol–water partition coefficient (Wildman–Crippen LogP) is 6.50. The van der Waals surface area contributed by atoms with Gasteiger partial charge < -0.3 is 45.5 Å². The predicted molar refractivity (Wildman–Crippen MR) is 230 cm³/mol. The quantitative estimate of drug-likeness (QED) is 0.0433. The van der Waals surface area contributed by atoms with Crippen LogP contribution in [-0.4, -0.2) is 114 Å². The molecule has 0 rings (SSSR count). The van der Waals surface area contributed by atoms with E-state index in [0.717, 1.165) is 32.1 Å². The Hall–Kier alpha value is -2.32. The van der Waals surface area contributed by atoms with Gasteiger partial charge in [0, 0.05) is 50.5 Å². The summed E-state index contributed by atoms with van der Waals surface area (Å²) >= 11 is 0. The zero-order chi connectivity index (χ0) is 42.2. The number of hydrogen-bond acceptors (Lipinski definition) is 9. The zero-order valence-electron chi connectivity index (χ0n) is 37.3. The minimum atomic E-state index is -0.253. The normalized spacial score (nSPS) is 12.1. The lowest BCUT2D eigenvalue weighted by Gasteiger charge is -2.29. The molecular formula is C44H87N5O8. The molecule has 0 spiro atoms. The van der Waals surface area contributed by atoms with E-state index in [1.807, 2.05) is 27.7 Å². The van der Waals surface area contributed by atoms with Gasteiger partial charge in [-0.1, -0.05) is 105 Å². The van der Waals surface area contributed by atoms with Gasteiger partial charge in [0.2, 0.25) is 23.6 Å². The van der Waals surface area contributed by atoms with Gasteiger partial charge in [-0.15, -0.1) is 0 Å². The maximum atomic E-state index is 12.8. The second-order valence-corrected chi connectivity index (χ2v) is 16.1. The van der Waals surface area contributed by atoms with Crippen molar-refractivity contribution < 1.29 is 38.1 Å². The van der Waals surface area contributed by atoms with Crippen molar-refractivity contribution >= 4 is 23.6 Å². The molecule has 57 heavy (non-hydrogen) atoms. The second-order valence-electron chi connectivity index (χ2n) is 16.1. The van der Waals surface area contributed by atoms with Crippen molar-refractivity contribution in [3.8, 4) is 0 Å². The lowest BCUT2D eigenvalue weighted by molar-refractivity contribution is -0.125. The van der Waals surface area contributed by atoms with Gasteiger partial charge in [0.1, 0.15) is 0 Å². The first-order chi connectivity index (χ1) is 27.5. The standard InChI is InChI=1S/C44H87N5O8/c1-7-9-10-11-12-13-14-15-16-17-18-19-20-24-40(50)46-28-32-56-36-35-55-31-26-42(52)47-29-33-57-37-34-54-30-25-41(51)45-27-22-21-23-39(48-38(3)4)43(53)49-44(5,6)8-2/h38-39,48H,7-37H2,1-6H3,(H,45,51)(H,46,50)(H,47,52)(H,49,53). The average molecular weight is 814 g/mol. The maximum Gasteiger partial charge on any atom is 0.237 e. The molecule has 0 aromatic rings. The lowest BCUT2D eigenvalue weighted by Crippen LogP contribution is -2.53. The smallest absolute Gasteiger partial charge is 0.237 e. The number of amides is 4. The van der Waals surface area contributed by atoms with Gasteiger partial charge in [-0.05, 0) is 46.0 Å². The Balaban J connectivity index is 3.52. The average Bonchev–Trinajstić information content (AvgIpc) is 3.17. The summed E-state index contributed by atoms with van der Waals surface area (Å²) in [5, 5.41) is 15.1. The molecule has 0 saturated heterocycles. The Bertz CT molecular complexity index is 984. The fourth-order valence-electron chi connectivity index (χ4n) is 5.97. The van der Waals surface area contributed by atoms with E-state index in [1.165, 1.54) is 70.6 Å². The SMILES string of the molecule is CCCCCCCCCCCCCCCC(=O)NCCOCCOCCC(=O)NCCOCCOCCC(=O)NCCCCC(NC(C)C)C(=O)NC(C)(C)CC. The monoisotopic (exact) mass is 814 g/mol. The topological polar surface area (TPSA) is 165 Å². The van der Waals surface area contributed by atoms with Crippen LogP contribution in [0.5, 0.6) is 0 Å². The molecule has 336 valence electrons. The number of rotatable bonds is 42. The highest BCUT2D eigenvalue weighted by Gasteiger charge is 2.24. The molecule has 13 heteroatoms. The molecule has 13 nitrogen and oxygen atoms in total. The van der Waals surface area contributed by atoms with E-state index in [2.05, 4.69) is 40.4 Å². The molecule has 1 unspecified atom stereocenters. The Kier molecular flexibility index (Phi) is 37.6. The molecule has 1 atom stereocenters. The third kappa shape index (κ3) is 38.9. The Morgan fingerprint density at radius 1 is 0.491 bits per heavy atom. The van der Waals surface area contributed by atoms with E-state index in [1.54, 1.807) is 0 Å². The van der Waals surface area contributed by atoms with Gasteiger partial charge in [-0.3, -0.25) is 19.2 Å². The third-order valence-electron chi connectivity index (χ3n) is 9.77. The summed E-state index contributed by atoms with van der Waals surface area (Å²) in [5.41, 5.74) is -0.239. The van der Waals surface area contributed by atoms with Gasteiger partial charge in [0.15, 0.2) is 0 Å². The Morgan fingerprint density at radius 2 is 0.912 bits per heavy atom. The summed E-state index contributed by atoms with van der Waals surface area (Å²) in [6.07, 6.45) is 21.1. The van der Waals surface area contributed by atoms with Crippen LogP contribution < -0.4 is 26.6 Å². The summed E-state index contributed by atoms with van der Waals surface area (Å²) in [5.74, 6) is -0.0651. The van der Waals surface area contributed by atoms with E-state index in [4.69, 9.17) is 18.9 Å². The summed E-state index contributed by atoms with van der Waals surface area (Å²) in [6.45, 7) is 16.8. The molecule has 0 radical (unpaired) electrons. The van der Waals surface area contributed by atoms with Crippen LogP contribution in [0.2, 0.25) is 0 Å². The first-order valence-corrected chi connectivity index (χ1v) is 22.7. The lowest BCUT2D eigenvalue weighted by atomic mass is 10.00. The molecule has 0 aliphatic carbocycles. The summed E-state index contributed by atoms with van der Waals surface area (Å²) in [7, 11) is 0.